The third-order valence-electron chi connectivity index (χ3n) is 3.74. The van der Waals surface area contributed by atoms with Gasteiger partial charge in [0, 0.05) is 11.8 Å². The summed E-state index contributed by atoms with van der Waals surface area (Å²) in [4.78, 5) is 12.5. The molecule has 0 spiro atoms. The van der Waals surface area contributed by atoms with E-state index in [1.807, 2.05) is 24.3 Å². The molecule has 3 rings (SSSR count). The quantitative estimate of drug-likeness (QED) is 0.931. The van der Waals surface area contributed by atoms with Gasteiger partial charge in [0.2, 0.25) is 0 Å². The number of ether oxygens (including phenoxy) is 1. The van der Waals surface area contributed by atoms with Crippen LogP contribution in [0.3, 0.4) is 0 Å². The molecular weight excluding hydrogens is 314 g/mol. The van der Waals surface area contributed by atoms with E-state index in [9.17, 15) is 13.2 Å². The van der Waals surface area contributed by atoms with E-state index in [0.717, 1.165) is 17.6 Å². The van der Waals surface area contributed by atoms with Crippen LogP contribution in [0.1, 0.15) is 15.9 Å². The molecule has 1 N–H and O–H groups in total. The zero-order valence-corrected chi connectivity index (χ0v) is 13.5. The van der Waals surface area contributed by atoms with Crippen LogP contribution in [0.5, 0.6) is 5.75 Å². The average Bonchev–Trinajstić information content (AvgIpc) is 2.54. The fraction of sp³-hybridized carbons (Fsp3) is 0.235. The third-order valence-corrected chi connectivity index (χ3v) is 4.85. The fourth-order valence-electron chi connectivity index (χ4n) is 2.56. The number of hydrogen-bond donors (Lipinski definition) is 1. The van der Waals surface area contributed by atoms with Crippen molar-refractivity contribution >= 4 is 15.7 Å². The summed E-state index contributed by atoms with van der Waals surface area (Å²) in [7, 11) is -3.34. The summed E-state index contributed by atoms with van der Waals surface area (Å²) < 4.78 is 28.8. The van der Waals surface area contributed by atoms with E-state index in [-0.39, 0.29) is 16.8 Å². The molecule has 23 heavy (non-hydrogen) atoms. The maximum atomic E-state index is 12.3. The monoisotopic (exact) mass is 331 g/mol. The van der Waals surface area contributed by atoms with Gasteiger partial charge >= 0.3 is 0 Å². The molecule has 0 saturated heterocycles. The summed E-state index contributed by atoms with van der Waals surface area (Å²) in [6.07, 6.45) is 1.81. The number of rotatable bonds is 3. The van der Waals surface area contributed by atoms with E-state index in [2.05, 4.69) is 5.32 Å². The molecule has 6 heteroatoms. The lowest BCUT2D eigenvalue weighted by molar-refractivity contribution is 0.0915. The Morgan fingerprint density at radius 2 is 1.96 bits per heavy atom. The van der Waals surface area contributed by atoms with Crippen LogP contribution in [0.15, 0.2) is 53.4 Å². The zero-order valence-electron chi connectivity index (χ0n) is 12.7. The van der Waals surface area contributed by atoms with E-state index in [1.165, 1.54) is 12.1 Å². The Morgan fingerprint density at radius 3 is 2.74 bits per heavy atom. The molecule has 0 saturated carbocycles. The summed E-state index contributed by atoms with van der Waals surface area (Å²) in [5.74, 6) is 0.542. The van der Waals surface area contributed by atoms with Crippen molar-refractivity contribution in [3.05, 3.63) is 59.7 Å². The molecule has 1 aliphatic heterocycles. The molecular formula is C17H17NO4S. The van der Waals surface area contributed by atoms with E-state index in [4.69, 9.17) is 4.74 Å². The molecule has 1 aliphatic rings. The second-order valence-electron chi connectivity index (χ2n) is 5.59. The Bertz CT molecular complexity index is 845. The first-order chi connectivity index (χ1) is 10.9. The summed E-state index contributed by atoms with van der Waals surface area (Å²) in [5, 5.41) is 2.90. The van der Waals surface area contributed by atoms with Crippen LogP contribution in [-0.2, 0) is 16.3 Å². The fourth-order valence-corrected chi connectivity index (χ4v) is 3.22. The van der Waals surface area contributed by atoms with Gasteiger partial charge in [0.15, 0.2) is 9.84 Å². The molecule has 0 fully saturated rings. The van der Waals surface area contributed by atoms with Crippen LogP contribution in [0.4, 0.5) is 0 Å². The standard InChI is InChI=1S/C17H17NO4S/c1-23(20,21)15-7-4-6-13(10-15)17(19)18-14-9-12-5-2-3-8-16(12)22-11-14/h2-8,10,14H,9,11H2,1H3,(H,18,19)/t14-/m0/s1. The predicted octanol–water partition coefficient (Wildman–Crippen LogP) is 1.82. The summed E-state index contributed by atoms with van der Waals surface area (Å²) >= 11 is 0. The molecule has 2 aromatic carbocycles. The molecule has 1 amide bonds. The molecule has 1 atom stereocenters. The minimum absolute atomic E-state index is 0.135. The van der Waals surface area contributed by atoms with Gasteiger partial charge in [-0.1, -0.05) is 24.3 Å². The SMILES string of the molecule is CS(=O)(=O)c1cccc(C(=O)N[C@@H]2COc3ccccc3C2)c1. The van der Waals surface area contributed by atoms with Gasteiger partial charge in [-0.25, -0.2) is 8.42 Å². The van der Waals surface area contributed by atoms with Crippen molar-refractivity contribution in [2.45, 2.75) is 17.4 Å². The van der Waals surface area contributed by atoms with Crippen LogP contribution >= 0.6 is 0 Å². The lowest BCUT2D eigenvalue weighted by Gasteiger charge is -2.26. The molecule has 1 heterocycles. The Labute approximate surface area is 135 Å². The van der Waals surface area contributed by atoms with Gasteiger partial charge in [-0.3, -0.25) is 4.79 Å². The summed E-state index contributed by atoms with van der Waals surface area (Å²) in [5.41, 5.74) is 1.38. The largest absolute Gasteiger partial charge is 0.491 e. The van der Waals surface area contributed by atoms with Crippen molar-refractivity contribution in [1.82, 2.24) is 5.32 Å². The molecule has 2 aromatic rings. The van der Waals surface area contributed by atoms with E-state index in [1.54, 1.807) is 12.1 Å². The predicted molar refractivity (Wildman–Crippen MR) is 86.4 cm³/mol. The highest BCUT2D eigenvalue weighted by Crippen LogP contribution is 2.24. The number of fused-ring (bicyclic) bond motifs is 1. The topological polar surface area (TPSA) is 72.5 Å². The Morgan fingerprint density at radius 1 is 1.17 bits per heavy atom. The minimum Gasteiger partial charge on any atom is -0.491 e. The number of carbonyl (C=O) groups excluding carboxylic acids is 1. The highest BCUT2D eigenvalue weighted by molar-refractivity contribution is 7.90. The lowest BCUT2D eigenvalue weighted by Crippen LogP contribution is -2.42. The van der Waals surface area contributed by atoms with Crippen LogP contribution in [-0.4, -0.2) is 33.2 Å². The molecule has 0 unspecified atom stereocenters. The van der Waals surface area contributed by atoms with Gasteiger partial charge in [-0.15, -0.1) is 0 Å². The lowest BCUT2D eigenvalue weighted by atomic mass is 10.0. The van der Waals surface area contributed by atoms with Crippen molar-refractivity contribution in [1.29, 1.82) is 0 Å². The van der Waals surface area contributed by atoms with Crippen LogP contribution in [0, 0.1) is 0 Å². The van der Waals surface area contributed by atoms with E-state index in [0.29, 0.717) is 18.6 Å². The molecule has 5 nitrogen and oxygen atoms in total. The minimum atomic E-state index is -3.34. The van der Waals surface area contributed by atoms with Crippen molar-refractivity contribution in [3.8, 4) is 5.75 Å². The van der Waals surface area contributed by atoms with Crippen LogP contribution in [0.2, 0.25) is 0 Å². The number of nitrogens with one attached hydrogen (secondary N) is 1. The van der Waals surface area contributed by atoms with Crippen molar-refractivity contribution in [3.63, 3.8) is 0 Å². The van der Waals surface area contributed by atoms with Gasteiger partial charge in [0.25, 0.3) is 5.91 Å². The van der Waals surface area contributed by atoms with Crippen LogP contribution in [0.25, 0.3) is 0 Å². The normalized spacial score (nSPS) is 17.0. The number of sulfone groups is 1. The van der Waals surface area contributed by atoms with Crippen molar-refractivity contribution in [2.24, 2.45) is 0 Å². The van der Waals surface area contributed by atoms with Gasteiger partial charge in [-0.2, -0.15) is 0 Å². The van der Waals surface area contributed by atoms with Crippen molar-refractivity contribution in [2.75, 3.05) is 12.9 Å². The number of amides is 1. The Kier molecular flexibility index (Phi) is 4.09. The number of carbonyl (C=O) groups is 1. The van der Waals surface area contributed by atoms with Gasteiger partial charge in [-0.05, 0) is 36.2 Å². The van der Waals surface area contributed by atoms with Crippen molar-refractivity contribution < 1.29 is 17.9 Å². The number of benzene rings is 2. The molecule has 0 aliphatic carbocycles. The third kappa shape index (κ3) is 3.53. The average molecular weight is 331 g/mol. The zero-order chi connectivity index (χ0) is 16.4. The Balaban J connectivity index is 1.73. The Hall–Kier alpha value is -2.34. The molecule has 0 aromatic heterocycles. The molecule has 0 radical (unpaired) electrons. The summed E-state index contributed by atoms with van der Waals surface area (Å²) in [6.45, 7) is 0.397. The highest BCUT2D eigenvalue weighted by atomic mass is 32.2. The first-order valence-corrected chi connectivity index (χ1v) is 9.14. The highest BCUT2D eigenvalue weighted by Gasteiger charge is 2.22. The van der Waals surface area contributed by atoms with Gasteiger partial charge in [0.05, 0.1) is 10.9 Å². The smallest absolute Gasteiger partial charge is 0.251 e. The number of hydrogen-bond acceptors (Lipinski definition) is 4. The van der Waals surface area contributed by atoms with Crippen LogP contribution < -0.4 is 10.1 Å². The first kappa shape index (κ1) is 15.6. The molecule has 0 bridgehead atoms. The van der Waals surface area contributed by atoms with Gasteiger partial charge < -0.3 is 10.1 Å². The molecule has 120 valence electrons. The van der Waals surface area contributed by atoms with Gasteiger partial charge in [0.1, 0.15) is 12.4 Å². The maximum absolute atomic E-state index is 12.3. The summed E-state index contributed by atoms with van der Waals surface area (Å²) in [6, 6.07) is 13.6. The maximum Gasteiger partial charge on any atom is 0.251 e. The second kappa shape index (κ2) is 6.04. The number of para-hydroxylation sites is 1. The second-order valence-corrected chi connectivity index (χ2v) is 7.61. The van der Waals surface area contributed by atoms with E-state index >= 15 is 0 Å². The first-order valence-electron chi connectivity index (χ1n) is 7.25. The van der Waals surface area contributed by atoms with E-state index < -0.39 is 9.84 Å².